The number of halogens is 1. The molecule has 6 nitrogen and oxygen atoms in total. The molecular formula is C15H20FN3O3. The van der Waals surface area contributed by atoms with Gasteiger partial charge in [-0.25, -0.2) is 4.39 Å². The summed E-state index contributed by atoms with van der Waals surface area (Å²) in [6.45, 7) is 5.70. The molecule has 1 aliphatic rings. The quantitative estimate of drug-likeness (QED) is 0.796. The summed E-state index contributed by atoms with van der Waals surface area (Å²) in [7, 11) is 0. The zero-order valence-electron chi connectivity index (χ0n) is 12.5. The molecule has 2 N–H and O–H groups in total. The summed E-state index contributed by atoms with van der Waals surface area (Å²) < 4.78 is 18.6. The van der Waals surface area contributed by atoms with Crippen LogP contribution in [0.25, 0.3) is 0 Å². The molecule has 120 valence electrons. The average Bonchev–Trinajstić information content (AvgIpc) is 2.52. The van der Waals surface area contributed by atoms with Crippen LogP contribution in [-0.4, -0.2) is 56.1 Å². The molecule has 1 aromatic carbocycles. The van der Waals surface area contributed by atoms with Gasteiger partial charge in [0.1, 0.15) is 5.82 Å². The Morgan fingerprint density at radius 2 is 2.00 bits per heavy atom. The maximum atomic E-state index is 13.4. The first-order chi connectivity index (χ1) is 10.6. The normalized spacial score (nSPS) is 15.4. The maximum Gasteiger partial charge on any atom is 0.313 e. The van der Waals surface area contributed by atoms with E-state index in [0.717, 1.165) is 13.1 Å². The first-order valence-electron chi connectivity index (χ1n) is 7.21. The number of amides is 2. The van der Waals surface area contributed by atoms with Gasteiger partial charge in [-0.1, -0.05) is 6.07 Å². The Labute approximate surface area is 128 Å². The van der Waals surface area contributed by atoms with Crippen molar-refractivity contribution >= 4 is 17.5 Å². The molecule has 0 atom stereocenters. The number of rotatable bonds is 4. The van der Waals surface area contributed by atoms with Gasteiger partial charge in [-0.05, 0) is 24.6 Å². The molecule has 0 saturated carbocycles. The van der Waals surface area contributed by atoms with Crippen LogP contribution in [-0.2, 0) is 14.3 Å². The largest absolute Gasteiger partial charge is 0.379 e. The van der Waals surface area contributed by atoms with Crippen molar-refractivity contribution in [1.29, 1.82) is 0 Å². The van der Waals surface area contributed by atoms with Crippen LogP contribution in [0.1, 0.15) is 5.56 Å². The summed E-state index contributed by atoms with van der Waals surface area (Å²) in [5.41, 5.74) is 0.740. The minimum Gasteiger partial charge on any atom is -0.379 e. The van der Waals surface area contributed by atoms with E-state index >= 15 is 0 Å². The van der Waals surface area contributed by atoms with Gasteiger partial charge in [-0.15, -0.1) is 0 Å². The van der Waals surface area contributed by atoms with E-state index in [9.17, 15) is 14.0 Å². The summed E-state index contributed by atoms with van der Waals surface area (Å²) in [5, 5.41) is 4.92. The van der Waals surface area contributed by atoms with E-state index in [4.69, 9.17) is 4.74 Å². The van der Waals surface area contributed by atoms with Crippen LogP contribution in [0.3, 0.4) is 0 Å². The lowest BCUT2D eigenvalue weighted by Gasteiger charge is -2.26. The van der Waals surface area contributed by atoms with Gasteiger partial charge in [-0.3, -0.25) is 14.5 Å². The van der Waals surface area contributed by atoms with Crippen LogP contribution in [0.5, 0.6) is 0 Å². The third-order valence-electron chi connectivity index (χ3n) is 3.45. The van der Waals surface area contributed by atoms with Gasteiger partial charge in [0.15, 0.2) is 0 Å². The van der Waals surface area contributed by atoms with Crippen LogP contribution in [0, 0.1) is 12.7 Å². The lowest BCUT2D eigenvalue weighted by atomic mass is 10.2. The van der Waals surface area contributed by atoms with Crippen molar-refractivity contribution in [2.24, 2.45) is 0 Å². The molecular weight excluding hydrogens is 289 g/mol. The number of nitrogens with zero attached hydrogens (tertiary/aromatic N) is 1. The van der Waals surface area contributed by atoms with Gasteiger partial charge in [0, 0.05) is 31.9 Å². The Balaban J connectivity index is 1.74. The highest BCUT2D eigenvalue weighted by Crippen LogP contribution is 2.13. The van der Waals surface area contributed by atoms with Crippen molar-refractivity contribution in [3.05, 3.63) is 29.6 Å². The predicted molar refractivity (Wildman–Crippen MR) is 80.0 cm³/mol. The number of carbonyl (C=O) groups is 2. The maximum absolute atomic E-state index is 13.4. The van der Waals surface area contributed by atoms with Crippen molar-refractivity contribution in [2.75, 3.05) is 44.7 Å². The van der Waals surface area contributed by atoms with E-state index in [1.54, 1.807) is 19.1 Å². The molecule has 2 amide bonds. The lowest BCUT2D eigenvalue weighted by Crippen LogP contribution is -2.43. The fourth-order valence-corrected chi connectivity index (χ4v) is 2.09. The lowest BCUT2D eigenvalue weighted by molar-refractivity contribution is -0.136. The molecule has 1 heterocycles. The number of aryl methyl sites for hydroxylation is 1. The number of morpholine rings is 1. The summed E-state index contributed by atoms with van der Waals surface area (Å²) >= 11 is 0. The van der Waals surface area contributed by atoms with E-state index in [2.05, 4.69) is 15.5 Å². The van der Waals surface area contributed by atoms with Crippen LogP contribution >= 0.6 is 0 Å². The Kier molecular flexibility index (Phi) is 5.85. The molecule has 0 aliphatic carbocycles. The fraction of sp³-hybridized carbons (Fsp3) is 0.467. The van der Waals surface area contributed by atoms with Gasteiger partial charge in [0.25, 0.3) is 0 Å². The number of benzene rings is 1. The molecule has 0 bridgehead atoms. The fourth-order valence-electron chi connectivity index (χ4n) is 2.09. The number of carbonyl (C=O) groups excluding carboxylic acids is 2. The average molecular weight is 309 g/mol. The summed E-state index contributed by atoms with van der Waals surface area (Å²) in [4.78, 5) is 25.5. The molecule has 1 aromatic rings. The number of nitrogens with one attached hydrogen (secondary N) is 2. The summed E-state index contributed by atoms with van der Waals surface area (Å²) in [6.07, 6.45) is 0. The third-order valence-corrected chi connectivity index (χ3v) is 3.45. The minimum absolute atomic E-state index is 0.261. The Hall–Kier alpha value is -1.99. The molecule has 0 radical (unpaired) electrons. The molecule has 1 saturated heterocycles. The van der Waals surface area contributed by atoms with Gasteiger partial charge < -0.3 is 15.4 Å². The highest BCUT2D eigenvalue weighted by Gasteiger charge is 2.15. The topological polar surface area (TPSA) is 70.7 Å². The first-order valence-corrected chi connectivity index (χ1v) is 7.21. The van der Waals surface area contributed by atoms with Crippen LogP contribution in [0.15, 0.2) is 18.2 Å². The van der Waals surface area contributed by atoms with Crippen LogP contribution < -0.4 is 10.6 Å². The Bertz CT molecular complexity index is 545. The Morgan fingerprint density at radius 3 is 2.68 bits per heavy atom. The number of anilines is 1. The standard InChI is InChI=1S/C15H20FN3O3/c1-11-2-3-12(10-13(11)16)18-15(21)14(20)17-4-5-19-6-8-22-9-7-19/h2-3,10H,4-9H2,1H3,(H,17,20)(H,18,21). The van der Waals surface area contributed by atoms with Gasteiger partial charge in [-0.2, -0.15) is 0 Å². The predicted octanol–water partition coefficient (Wildman–Crippen LogP) is 0.521. The molecule has 7 heteroatoms. The first kappa shape index (κ1) is 16.4. The zero-order valence-corrected chi connectivity index (χ0v) is 12.5. The second kappa shape index (κ2) is 7.86. The third kappa shape index (κ3) is 4.78. The molecule has 0 spiro atoms. The molecule has 2 rings (SSSR count). The molecule has 22 heavy (non-hydrogen) atoms. The van der Waals surface area contributed by atoms with Crippen LogP contribution in [0.2, 0.25) is 0 Å². The van der Waals surface area contributed by atoms with E-state index in [1.165, 1.54) is 6.07 Å². The van der Waals surface area contributed by atoms with E-state index in [1.807, 2.05) is 0 Å². The van der Waals surface area contributed by atoms with Crippen molar-refractivity contribution < 1.29 is 18.7 Å². The van der Waals surface area contributed by atoms with E-state index < -0.39 is 17.6 Å². The highest BCUT2D eigenvalue weighted by atomic mass is 19.1. The smallest absolute Gasteiger partial charge is 0.313 e. The highest BCUT2D eigenvalue weighted by molar-refractivity contribution is 6.39. The van der Waals surface area contributed by atoms with E-state index in [0.29, 0.717) is 31.9 Å². The second-order valence-corrected chi connectivity index (χ2v) is 5.13. The minimum atomic E-state index is -0.801. The van der Waals surface area contributed by atoms with E-state index in [-0.39, 0.29) is 5.69 Å². The second-order valence-electron chi connectivity index (χ2n) is 5.13. The van der Waals surface area contributed by atoms with Crippen molar-refractivity contribution in [1.82, 2.24) is 10.2 Å². The molecule has 1 aliphatic heterocycles. The van der Waals surface area contributed by atoms with Crippen molar-refractivity contribution in [3.8, 4) is 0 Å². The molecule has 1 fully saturated rings. The van der Waals surface area contributed by atoms with Crippen LogP contribution in [0.4, 0.5) is 10.1 Å². The number of hydrogen-bond donors (Lipinski definition) is 2. The Morgan fingerprint density at radius 1 is 1.27 bits per heavy atom. The van der Waals surface area contributed by atoms with Gasteiger partial charge in [0.05, 0.1) is 13.2 Å². The SMILES string of the molecule is Cc1ccc(NC(=O)C(=O)NCCN2CCOCC2)cc1F. The summed E-state index contributed by atoms with van der Waals surface area (Å²) in [5.74, 6) is -1.95. The molecule has 0 aromatic heterocycles. The van der Waals surface area contributed by atoms with Crippen molar-refractivity contribution in [3.63, 3.8) is 0 Å². The monoisotopic (exact) mass is 309 g/mol. The van der Waals surface area contributed by atoms with Crippen molar-refractivity contribution in [2.45, 2.75) is 6.92 Å². The van der Waals surface area contributed by atoms with Gasteiger partial charge in [0.2, 0.25) is 0 Å². The van der Waals surface area contributed by atoms with Gasteiger partial charge >= 0.3 is 11.8 Å². The molecule has 0 unspecified atom stereocenters. The zero-order chi connectivity index (χ0) is 15.9. The number of hydrogen-bond acceptors (Lipinski definition) is 4. The summed E-state index contributed by atoms with van der Waals surface area (Å²) in [6, 6.07) is 4.28. The number of ether oxygens (including phenoxy) is 1.